The first-order chi connectivity index (χ1) is 5.33. The molecule has 1 nitrogen and oxygen atoms in total. The van der Waals surface area contributed by atoms with Crippen molar-refractivity contribution in [2.45, 2.75) is 38.7 Å². The molecule has 1 aliphatic rings. The van der Waals surface area contributed by atoms with Crippen molar-refractivity contribution in [3.63, 3.8) is 0 Å². The molecule has 0 aromatic heterocycles. The molecule has 0 aromatic carbocycles. The van der Waals surface area contributed by atoms with Gasteiger partial charge in [-0.2, -0.15) is 0 Å². The molecule has 0 N–H and O–H groups in total. The minimum Gasteiger partial charge on any atom is -0.380 e. The summed E-state index contributed by atoms with van der Waals surface area (Å²) in [5, 5.41) is 0. The maximum atomic E-state index is 5.27. The molecule has 0 aromatic rings. The molecule has 0 saturated carbocycles. The van der Waals surface area contributed by atoms with E-state index in [4.69, 9.17) is 4.74 Å². The standard InChI is InChI=1S/C9H20OSi/c1-2-9(7-10-8-9)5-3-4-6-11/h2-8H2,1,11H3. The minimum atomic E-state index is 0.608. The molecule has 0 bridgehead atoms. The van der Waals surface area contributed by atoms with Crippen molar-refractivity contribution >= 4 is 10.2 Å². The van der Waals surface area contributed by atoms with Gasteiger partial charge in [-0.1, -0.05) is 25.8 Å². The highest BCUT2D eigenvalue weighted by Gasteiger charge is 2.35. The third-order valence-corrected chi connectivity index (χ3v) is 3.58. The van der Waals surface area contributed by atoms with E-state index in [0.29, 0.717) is 5.41 Å². The lowest BCUT2D eigenvalue weighted by Gasteiger charge is -2.41. The van der Waals surface area contributed by atoms with Crippen molar-refractivity contribution in [1.82, 2.24) is 0 Å². The highest BCUT2D eigenvalue weighted by molar-refractivity contribution is 6.08. The van der Waals surface area contributed by atoms with Gasteiger partial charge in [0.05, 0.1) is 13.2 Å². The predicted molar refractivity (Wildman–Crippen MR) is 52.1 cm³/mol. The summed E-state index contributed by atoms with van der Waals surface area (Å²) in [7, 11) is 1.38. The molecule has 0 aliphatic carbocycles. The summed E-state index contributed by atoms with van der Waals surface area (Å²) in [6, 6.07) is 1.47. The molecule has 1 rings (SSSR count). The van der Waals surface area contributed by atoms with Gasteiger partial charge in [0.2, 0.25) is 0 Å². The second kappa shape index (κ2) is 4.26. The third-order valence-electron chi connectivity index (χ3n) is 2.88. The molecule has 1 fully saturated rings. The van der Waals surface area contributed by atoms with Crippen LogP contribution in [0.25, 0.3) is 0 Å². The van der Waals surface area contributed by atoms with E-state index >= 15 is 0 Å². The zero-order valence-corrected chi connectivity index (χ0v) is 9.86. The molecule has 1 saturated heterocycles. The van der Waals surface area contributed by atoms with Gasteiger partial charge >= 0.3 is 0 Å². The molecule has 1 heterocycles. The Labute approximate surface area is 72.9 Å². The van der Waals surface area contributed by atoms with Crippen molar-refractivity contribution in [2.75, 3.05) is 13.2 Å². The lowest BCUT2D eigenvalue weighted by atomic mass is 9.79. The number of hydrogen-bond donors (Lipinski definition) is 0. The second-order valence-electron chi connectivity index (χ2n) is 3.80. The van der Waals surface area contributed by atoms with Gasteiger partial charge < -0.3 is 4.74 Å². The summed E-state index contributed by atoms with van der Waals surface area (Å²) in [6.45, 7) is 4.36. The molecule has 0 atom stereocenters. The van der Waals surface area contributed by atoms with Gasteiger partial charge in [0, 0.05) is 15.7 Å². The average molecular weight is 172 g/mol. The number of unbranched alkanes of at least 4 members (excludes halogenated alkanes) is 1. The van der Waals surface area contributed by atoms with Crippen LogP contribution in [0.3, 0.4) is 0 Å². The highest BCUT2D eigenvalue weighted by atomic mass is 28.1. The van der Waals surface area contributed by atoms with Crippen LogP contribution < -0.4 is 0 Å². The Morgan fingerprint density at radius 1 is 1.36 bits per heavy atom. The predicted octanol–water partition coefficient (Wildman–Crippen LogP) is 1.37. The van der Waals surface area contributed by atoms with Crippen molar-refractivity contribution in [3.8, 4) is 0 Å². The Morgan fingerprint density at radius 2 is 2.09 bits per heavy atom. The molecule has 0 radical (unpaired) electrons. The van der Waals surface area contributed by atoms with Crippen LogP contribution in [-0.4, -0.2) is 23.5 Å². The summed E-state index contributed by atoms with van der Waals surface area (Å²) in [4.78, 5) is 0. The fourth-order valence-electron chi connectivity index (χ4n) is 1.67. The fraction of sp³-hybridized carbons (Fsp3) is 1.00. The minimum absolute atomic E-state index is 0.608. The van der Waals surface area contributed by atoms with Crippen LogP contribution >= 0.6 is 0 Å². The lowest BCUT2D eigenvalue weighted by molar-refractivity contribution is -0.120. The molecular weight excluding hydrogens is 152 g/mol. The zero-order chi connectivity index (χ0) is 8.16. The van der Waals surface area contributed by atoms with Gasteiger partial charge in [-0.3, -0.25) is 0 Å². The lowest BCUT2D eigenvalue weighted by Crippen LogP contribution is -2.41. The van der Waals surface area contributed by atoms with Crippen molar-refractivity contribution < 1.29 is 4.74 Å². The number of hydrogen-bond acceptors (Lipinski definition) is 1. The fourth-order valence-corrected chi connectivity index (χ4v) is 2.17. The first-order valence-corrected chi connectivity index (χ1v) is 6.32. The van der Waals surface area contributed by atoms with Crippen LogP contribution in [-0.2, 0) is 4.74 Å². The molecule has 0 amide bonds. The maximum absolute atomic E-state index is 5.27. The van der Waals surface area contributed by atoms with Gasteiger partial charge in [-0.25, -0.2) is 0 Å². The number of rotatable bonds is 5. The Hall–Kier alpha value is 0.177. The summed E-state index contributed by atoms with van der Waals surface area (Å²) >= 11 is 0. The van der Waals surface area contributed by atoms with Crippen LogP contribution in [0.5, 0.6) is 0 Å². The Morgan fingerprint density at radius 3 is 2.45 bits per heavy atom. The molecule has 11 heavy (non-hydrogen) atoms. The van der Waals surface area contributed by atoms with Crippen molar-refractivity contribution in [3.05, 3.63) is 0 Å². The molecule has 66 valence electrons. The van der Waals surface area contributed by atoms with Crippen molar-refractivity contribution in [1.29, 1.82) is 0 Å². The topological polar surface area (TPSA) is 9.23 Å². The molecule has 1 aliphatic heterocycles. The Kier molecular flexibility index (Phi) is 3.59. The molecular formula is C9H20OSi. The zero-order valence-electron chi connectivity index (χ0n) is 7.86. The first-order valence-electron chi connectivity index (χ1n) is 4.91. The largest absolute Gasteiger partial charge is 0.380 e. The van der Waals surface area contributed by atoms with Gasteiger partial charge in [0.1, 0.15) is 0 Å². The van der Waals surface area contributed by atoms with Crippen LogP contribution in [0.15, 0.2) is 0 Å². The molecule has 0 unspecified atom stereocenters. The van der Waals surface area contributed by atoms with Gasteiger partial charge in [-0.05, 0) is 12.8 Å². The van der Waals surface area contributed by atoms with E-state index < -0.39 is 0 Å². The highest BCUT2D eigenvalue weighted by Crippen LogP contribution is 2.36. The van der Waals surface area contributed by atoms with E-state index in [1.54, 1.807) is 0 Å². The van der Waals surface area contributed by atoms with E-state index in [9.17, 15) is 0 Å². The van der Waals surface area contributed by atoms with Crippen LogP contribution in [0.4, 0.5) is 0 Å². The molecule has 2 heteroatoms. The summed E-state index contributed by atoms with van der Waals surface area (Å²) in [5.41, 5.74) is 0.608. The Balaban J connectivity index is 2.11. The average Bonchev–Trinajstić information content (AvgIpc) is 1.95. The van der Waals surface area contributed by atoms with Gasteiger partial charge in [-0.15, -0.1) is 0 Å². The third kappa shape index (κ3) is 2.31. The van der Waals surface area contributed by atoms with E-state index in [2.05, 4.69) is 6.92 Å². The van der Waals surface area contributed by atoms with Crippen molar-refractivity contribution in [2.24, 2.45) is 5.41 Å². The van der Waals surface area contributed by atoms with Crippen LogP contribution in [0, 0.1) is 5.41 Å². The summed E-state index contributed by atoms with van der Waals surface area (Å²) in [5.74, 6) is 0. The SMILES string of the molecule is CCC1(CCCC[SiH3])COC1. The van der Waals surface area contributed by atoms with Crippen LogP contribution in [0.1, 0.15) is 32.6 Å². The quantitative estimate of drug-likeness (QED) is 0.449. The summed E-state index contributed by atoms with van der Waals surface area (Å²) in [6.07, 6.45) is 5.61. The second-order valence-corrected chi connectivity index (χ2v) is 4.80. The van der Waals surface area contributed by atoms with E-state index in [1.165, 1.54) is 42.0 Å². The smallest absolute Gasteiger partial charge is 0.0544 e. The first kappa shape index (κ1) is 9.27. The molecule has 0 spiro atoms. The summed E-state index contributed by atoms with van der Waals surface area (Å²) < 4.78 is 5.27. The van der Waals surface area contributed by atoms with Gasteiger partial charge in [0.15, 0.2) is 0 Å². The number of ether oxygens (including phenoxy) is 1. The van der Waals surface area contributed by atoms with E-state index in [-0.39, 0.29) is 0 Å². The monoisotopic (exact) mass is 172 g/mol. The normalized spacial score (nSPS) is 21.5. The van der Waals surface area contributed by atoms with Crippen LogP contribution in [0.2, 0.25) is 6.04 Å². The Bertz CT molecular complexity index is 105. The van der Waals surface area contributed by atoms with E-state index in [1.807, 2.05) is 0 Å². The van der Waals surface area contributed by atoms with Gasteiger partial charge in [0.25, 0.3) is 0 Å². The maximum Gasteiger partial charge on any atom is 0.0544 e. The van der Waals surface area contributed by atoms with E-state index in [0.717, 1.165) is 13.2 Å².